The van der Waals surface area contributed by atoms with Crippen molar-refractivity contribution in [3.8, 4) is 5.75 Å². The number of aliphatic carboxylic acids is 1. The van der Waals surface area contributed by atoms with Gasteiger partial charge in [0.25, 0.3) is 0 Å². The van der Waals surface area contributed by atoms with Crippen LogP contribution in [0.15, 0.2) is 23.4 Å². The van der Waals surface area contributed by atoms with Crippen molar-refractivity contribution < 1.29 is 14.6 Å². The Morgan fingerprint density at radius 2 is 2.16 bits per heavy atom. The van der Waals surface area contributed by atoms with Crippen LogP contribution in [0.5, 0.6) is 5.75 Å². The molecular weight excluding hydrogens is 318 g/mol. The zero-order valence-electron chi connectivity index (χ0n) is 14.6. The predicted octanol–water partition coefficient (Wildman–Crippen LogP) is 4.14. The normalized spacial score (nSPS) is 36.0. The van der Waals surface area contributed by atoms with E-state index in [1.165, 1.54) is 11.1 Å². The van der Waals surface area contributed by atoms with Crippen LogP contribution >= 0.6 is 0 Å². The van der Waals surface area contributed by atoms with Crippen molar-refractivity contribution in [1.29, 1.82) is 0 Å². The molecule has 0 amide bonds. The lowest BCUT2D eigenvalue weighted by Gasteiger charge is -2.49. The zero-order valence-corrected chi connectivity index (χ0v) is 14.6. The summed E-state index contributed by atoms with van der Waals surface area (Å²) in [4.78, 5) is 21.9. The average molecular weight is 343 g/mol. The number of hydrogen-bond acceptors (Lipinski definition) is 4. The van der Waals surface area contributed by atoms with E-state index in [1.807, 2.05) is 12.1 Å². The molecule has 134 valence electrons. The lowest BCUT2D eigenvalue weighted by Crippen LogP contribution is -2.43. The van der Waals surface area contributed by atoms with Gasteiger partial charge in [0, 0.05) is 0 Å². The molecule has 0 radical (unpaired) electrons. The number of hydrogen-bond donors (Lipinski definition) is 1. The highest BCUT2D eigenvalue weighted by Crippen LogP contribution is 2.61. The lowest BCUT2D eigenvalue weighted by atomic mass is 9.55. The van der Waals surface area contributed by atoms with E-state index in [4.69, 9.17) is 9.84 Å². The Labute approximate surface area is 147 Å². The van der Waals surface area contributed by atoms with Gasteiger partial charge in [-0.05, 0) is 85.0 Å². The highest BCUT2D eigenvalue weighted by molar-refractivity contribution is 5.68. The molecule has 1 aromatic rings. The van der Waals surface area contributed by atoms with E-state index in [2.05, 4.69) is 18.2 Å². The average Bonchev–Trinajstić information content (AvgIpc) is 2.95. The van der Waals surface area contributed by atoms with Gasteiger partial charge in [0.15, 0.2) is 6.61 Å². The van der Waals surface area contributed by atoms with Crippen molar-refractivity contribution in [2.24, 2.45) is 22.4 Å². The van der Waals surface area contributed by atoms with Gasteiger partial charge < -0.3 is 9.84 Å². The summed E-state index contributed by atoms with van der Waals surface area (Å²) in [6.45, 7) is 1.98. The van der Waals surface area contributed by atoms with Crippen molar-refractivity contribution in [1.82, 2.24) is 0 Å². The van der Waals surface area contributed by atoms with E-state index in [-0.39, 0.29) is 18.1 Å². The summed E-state index contributed by atoms with van der Waals surface area (Å²) >= 11 is 0. The van der Waals surface area contributed by atoms with Crippen LogP contribution in [0.25, 0.3) is 0 Å². The van der Waals surface area contributed by atoms with E-state index >= 15 is 0 Å². The zero-order chi connectivity index (χ0) is 17.6. The highest BCUT2D eigenvalue weighted by Gasteiger charge is 2.55. The molecule has 3 aliphatic carbocycles. The van der Waals surface area contributed by atoms with Crippen molar-refractivity contribution >= 4 is 5.97 Å². The first-order valence-corrected chi connectivity index (χ1v) is 9.33. The quantitative estimate of drug-likeness (QED) is 0.834. The van der Waals surface area contributed by atoms with Crippen LogP contribution in [0, 0.1) is 22.2 Å². The number of nitroso groups, excluding NO2 is 1. The summed E-state index contributed by atoms with van der Waals surface area (Å²) in [5, 5.41) is 12.2. The van der Waals surface area contributed by atoms with E-state index in [0.29, 0.717) is 23.5 Å². The first kappa shape index (κ1) is 16.6. The van der Waals surface area contributed by atoms with Gasteiger partial charge in [0.1, 0.15) is 5.75 Å². The van der Waals surface area contributed by atoms with E-state index in [0.717, 1.165) is 38.5 Å². The molecule has 5 heteroatoms. The first-order chi connectivity index (χ1) is 12.0. The van der Waals surface area contributed by atoms with Crippen LogP contribution in [0.2, 0.25) is 0 Å². The smallest absolute Gasteiger partial charge is 0.341 e. The summed E-state index contributed by atoms with van der Waals surface area (Å²) < 4.78 is 5.34. The summed E-state index contributed by atoms with van der Waals surface area (Å²) in [5.41, 5.74) is 2.80. The van der Waals surface area contributed by atoms with Crippen LogP contribution < -0.4 is 4.74 Å². The van der Waals surface area contributed by atoms with Crippen molar-refractivity contribution in [2.75, 3.05) is 6.61 Å². The molecular formula is C20H25NO4. The minimum Gasteiger partial charge on any atom is -0.482 e. The molecule has 1 N–H and O–H groups in total. The molecule has 25 heavy (non-hydrogen) atoms. The van der Waals surface area contributed by atoms with Crippen LogP contribution in [-0.2, 0) is 11.2 Å². The molecule has 0 bridgehead atoms. The Bertz CT molecular complexity index is 703. The molecule has 5 nitrogen and oxygen atoms in total. The van der Waals surface area contributed by atoms with Gasteiger partial charge in [-0.15, -0.1) is 0 Å². The van der Waals surface area contributed by atoms with Crippen LogP contribution in [0.4, 0.5) is 0 Å². The van der Waals surface area contributed by atoms with Gasteiger partial charge in [0.2, 0.25) is 0 Å². The number of aryl methyl sites for hydroxylation is 1. The molecule has 5 atom stereocenters. The minimum atomic E-state index is -0.955. The van der Waals surface area contributed by atoms with Crippen LogP contribution in [0.1, 0.15) is 56.1 Å². The van der Waals surface area contributed by atoms with Crippen molar-refractivity contribution in [3.05, 3.63) is 34.2 Å². The molecule has 0 saturated heterocycles. The molecule has 2 fully saturated rings. The maximum absolute atomic E-state index is 11.3. The molecule has 2 saturated carbocycles. The molecule has 0 aliphatic heterocycles. The van der Waals surface area contributed by atoms with E-state index < -0.39 is 5.97 Å². The molecule has 0 spiro atoms. The molecule has 3 aliphatic rings. The topological polar surface area (TPSA) is 76.0 Å². The number of carbonyl (C=O) groups is 1. The van der Waals surface area contributed by atoms with Gasteiger partial charge in [-0.1, -0.05) is 18.2 Å². The first-order valence-electron chi connectivity index (χ1n) is 9.33. The van der Waals surface area contributed by atoms with Gasteiger partial charge in [-0.3, -0.25) is 0 Å². The lowest BCUT2D eigenvalue weighted by molar-refractivity contribution is -0.139. The summed E-state index contributed by atoms with van der Waals surface area (Å²) in [6.07, 6.45) is 6.42. The summed E-state index contributed by atoms with van der Waals surface area (Å²) in [7, 11) is 0. The third-order valence-electron chi connectivity index (χ3n) is 7.14. The number of benzene rings is 1. The molecule has 1 aromatic carbocycles. The monoisotopic (exact) mass is 343 g/mol. The van der Waals surface area contributed by atoms with Gasteiger partial charge in [0.05, 0.1) is 6.04 Å². The largest absolute Gasteiger partial charge is 0.482 e. The number of fused-ring (bicyclic) bond motifs is 5. The van der Waals surface area contributed by atoms with Gasteiger partial charge in [-0.25, -0.2) is 4.79 Å². The number of nitrogens with zero attached hydrogens (tertiary/aromatic N) is 1. The fraction of sp³-hybridized carbons (Fsp3) is 0.650. The maximum atomic E-state index is 11.3. The van der Waals surface area contributed by atoms with Crippen LogP contribution in [0.3, 0.4) is 0 Å². The molecule has 0 aromatic heterocycles. The summed E-state index contributed by atoms with van der Waals surface area (Å²) in [5.74, 6) is 1.49. The van der Waals surface area contributed by atoms with E-state index in [1.54, 1.807) is 0 Å². The molecule has 5 unspecified atom stereocenters. The Morgan fingerprint density at radius 3 is 2.92 bits per heavy atom. The Hall–Kier alpha value is -1.91. The second-order valence-electron chi connectivity index (χ2n) is 8.20. The summed E-state index contributed by atoms with van der Waals surface area (Å²) in [6, 6.07) is 6.05. The van der Waals surface area contributed by atoms with E-state index in [9.17, 15) is 9.70 Å². The van der Waals surface area contributed by atoms with Crippen molar-refractivity contribution in [3.63, 3.8) is 0 Å². The number of rotatable bonds is 4. The van der Waals surface area contributed by atoms with Gasteiger partial charge in [-0.2, -0.15) is 4.91 Å². The fourth-order valence-corrected chi connectivity index (χ4v) is 5.94. The Kier molecular flexibility index (Phi) is 4.05. The molecule has 4 rings (SSSR count). The fourth-order valence-electron chi connectivity index (χ4n) is 5.94. The number of ether oxygens (including phenoxy) is 1. The Balaban J connectivity index is 1.58. The third kappa shape index (κ3) is 2.64. The predicted molar refractivity (Wildman–Crippen MR) is 93.8 cm³/mol. The second-order valence-corrected chi connectivity index (χ2v) is 8.20. The number of carboxylic acid groups (broad SMARTS) is 1. The standard InChI is InChI=1S/C20H25NO4/c1-20-9-8-15-14-5-3-13(25-11-19(22)23)10-12(14)2-4-16(15)17(20)6-7-18(20)21-24/h3,5,10,15-18H,2,4,6-9,11H2,1H3,(H,22,23). The highest BCUT2D eigenvalue weighted by atomic mass is 16.5. The third-order valence-corrected chi connectivity index (χ3v) is 7.14. The maximum Gasteiger partial charge on any atom is 0.341 e. The van der Waals surface area contributed by atoms with Gasteiger partial charge >= 0.3 is 5.97 Å². The SMILES string of the molecule is CC12CCC3c4ccc(OCC(=O)O)cc4CCC3C1CCC2N=O. The Morgan fingerprint density at radius 1 is 1.32 bits per heavy atom. The minimum absolute atomic E-state index is 0.00774. The number of carboxylic acids is 1. The molecule has 0 heterocycles. The van der Waals surface area contributed by atoms with Crippen LogP contribution in [-0.4, -0.2) is 23.7 Å². The second kappa shape index (κ2) is 6.11. The van der Waals surface area contributed by atoms with Crippen molar-refractivity contribution in [2.45, 2.75) is 57.4 Å².